The first-order valence-electron chi connectivity index (χ1n) is 22.5. The van der Waals surface area contributed by atoms with Crippen molar-refractivity contribution < 1.29 is 5.48 Å². The second-order valence-electron chi connectivity index (χ2n) is 16.0. The summed E-state index contributed by atoms with van der Waals surface area (Å²) in [5, 5.41) is 15.3. The predicted molar refractivity (Wildman–Crippen MR) is 261 cm³/mol. The number of fused-ring (bicyclic) bond motifs is 18. The molecule has 1 aromatic heterocycles. The molecule has 60 heavy (non-hydrogen) atoms. The highest BCUT2D eigenvalue weighted by Crippen LogP contribution is 2.49. The molecule has 0 radical (unpaired) electrons. The normalized spacial score (nSPS) is 14.2. The van der Waals surface area contributed by atoms with E-state index in [-0.39, 0.29) is 24.2 Å². The summed E-state index contributed by atoms with van der Waals surface area (Å²) in [6.07, 6.45) is 0. The molecule has 2 nitrogen and oxygen atoms in total. The van der Waals surface area contributed by atoms with Gasteiger partial charge in [-0.05, 0) is 124 Å². The van der Waals surface area contributed by atoms with Crippen LogP contribution in [0, 0.1) is 0 Å². The van der Waals surface area contributed by atoms with Crippen LogP contribution in [0.5, 0.6) is 0 Å². The lowest BCUT2D eigenvalue weighted by Crippen LogP contribution is -2.60. The zero-order valence-corrected chi connectivity index (χ0v) is 32.9. The van der Waals surface area contributed by atoms with Crippen LogP contribution in [-0.4, -0.2) is 6.71 Å². The van der Waals surface area contributed by atoms with E-state index < -0.39 is 6.71 Å². The number of para-hydroxylation sites is 1. The second kappa shape index (κ2) is 12.1. The van der Waals surface area contributed by atoms with Crippen LogP contribution in [0.4, 0.5) is 34.1 Å². The quantitative estimate of drug-likeness (QED) is 0.127. The van der Waals surface area contributed by atoms with E-state index in [1.165, 1.54) is 48.5 Å². The fraction of sp³-hybridized carbons (Fsp3) is 0. The molecule has 0 atom stereocenters. The summed E-state index contributed by atoms with van der Waals surface area (Å²) in [6.45, 7) is -0.446. The fourth-order valence-electron chi connectivity index (χ4n) is 10.7. The lowest BCUT2D eigenvalue weighted by Gasteiger charge is -2.43. The Balaban J connectivity index is 1.09. The molecule has 0 amide bonds. The zero-order chi connectivity index (χ0) is 42.5. The smallest absolute Gasteiger partial charge is 0.264 e. The maximum atomic E-state index is 9.76. The monoisotopic (exact) mass is 780 g/mol. The van der Waals surface area contributed by atoms with Gasteiger partial charge in [0.15, 0.2) is 0 Å². The Bertz CT molecular complexity index is 4000. The highest BCUT2D eigenvalue weighted by atomic mass is 32.1. The molecule has 4 heteroatoms. The first kappa shape index (κ1) is 28.9. The van der Waals surface area contributed by atoms with Crippen LogP contribution in [0.3, 0.4) is 0 Å². The molecular weight excluding hydrogens is 744 g/mol. The van der Waals surface area contributed by atoms with Gasteiger partial charge in [0.1, 0.15) is 0 Å². The Kier molecular flexibility index (Phi) is 5.82. The zero-order valence-electron chi connectivity index (χ0n) is 36.1. The molecule has 11 aromatic carbocycles. The van der Waals surface area contributed by atoms with E-state index in [4.69, 9.17) is 2.74 Å². The van der Waals surface area contributed by atoms with Crippen molar-refractivity contribution in [3.63, 3.8) is 0 Å². The van der Waals surface area contributed by atoms with Gasteiger partial charge in [0.2, 0.25) is 0 Å². The van der Waals surface area contributed by atoms with Crippen LogP contribution in [0.1, 0.15) is 5.48 Å². The van der Waals surface area contributed by atoms with Gasteiger partial charge >= 0.3 is 0 Å². The molecule has 0 N–H and O–H groups in total. The Hall–Kier alpha value is -7.40. The maximum Gasteiger partial charge on any atom is 0.264 e. The number of hydrogen-bond acceptors (Lipinski definition) is 3. The fourth-order valence-corrected chi connectivity index (χ4v) is 12.0. The van der Waals surface area contributed by atoms with Gasteiger partial charge in [-0.15, -0.1) is 11.3 Å². The Morgan fingerprint density at radius 1 is 0.383 bits per heavy atom. The van der Waals surface area contributed by atoms with E-state index >= 15 is 0 Å². The Morgan fingerprint density at radius 3 is 1.37 bits per heavy atom. The molecule has 0 spiro atoms. The molecule has 12 aromatic rings. The van der Waals surface area contributed by atoms with Crippen molar-refractivity contribution in [1.29, 1.82) is 0 Å². The number of thiophene rings is 1. The van der Waals surface area contributed by atoms with Gasteiger partial charge in [0.05, 0.1) is 11.2 Å². The third-order valence-electron chi connectivity index (χ3n) is 13.1. The van der Waals surface area contributed by atoms with E-state index in [0.29, 0.717) is 11.2 Å². The molecule has 2 aliphatic rings. The van der Waals surface area contributed by atoms with Gasteiger partial charge in [-0.25, -0.2) is 0 Å². The predicted octanol–water partition coefficient (Wildman–Crippen LogP) is 13.9. The van der Waals surface area contributed by atoms with Crippen LogP contribution >= 0.6 is 11.3 Å². The third-order valence-corrected chi connectivity index (χ3v) is 14.3. The van der Waals surface area contributed by atoms with Gasteiger partial charge in [0.25, 0.3) is 6.71 Å². The van der Waals surface area contributed by atoms with Crippen molar-refractivity contribution in [2.24, 2.45) is 0 Å². The summed E-state index contributed by atoms with van der Waals surface area (Å²) in [5.74, 6) is 0. The number of benzene rings is 11. The van der Waals surface area contributed by atoms with E-state index in [0.717, 1.165) is 64.9 Å². The Morgan fingerprint density at radius 2 is 0.817 bits per heavy atom. The van der Waals surface area contributed by atoms with E-state index in [9.17, 15) is 2.74 Å². The van der Waals surface area contributed by atoms with E-state index in [2.05, 4.69) is 186 Å². The summed E-state index contributed by atoms with van der Waals surface area (Å²) in [5.41, 5.74) is 6.91. The molecule has 0 saturated heterocycles. The van der Waals surface area contributed by atoms with E-state index in [1.54, 1.807) is 11.3 Å². The van der Waals surface area contributed by atoms with Crippen molar-refractivity contribution in [3.8, 4) is 0 Å². The first-order chi connectivity index (χ1) is 31.5. The van der Waals surface area contributed by atoms with Crippen LogP contribution in [0.2, 0.25) is 0 Å². The molecule has 2 aliphatic heterocycles. The van der Waals surface area contributed by atoms with Crippen LogP contribution in [0.25, 0.3) is 74.7 Å². The number of anilines is 6. The van der Waals surface area contributed by atoms with Crippen LogP contribution < -0.4 is 25.5 Å². The number of rotatable bonds is 2. The first-order valence-corrected chi connectivity index (χ1v) is 21.3. The molecular formula is C56H33BN2S. The van der Waals surface area contributed by atoms with Gasteiger partial charge < -0.3 is 9.80 Å². The highest BCUT2D eigenvalue weighted by molar-refractivity contribution is 7.33. The van der Waals surface area contributed by atoms with Gasteiger partial charge in [0, 0.05) is 43.3 Å². The minimum atomic E-state index is -0.446. The average molecular weight is 781 g/mol. The molecule has 14 rings (SSSR count). The highest BCUT2D eigenvalue weighted by Gasteiger charge is 2.45. The third kappa shape index (κ3) is 4.28. The number of hydrogen-bond donors (Lipinski definition) is 0. The Labute approximate surface area is 356 Å². The minimum absolute atomic E-state index is 0.00963. The van der Waals surface area contributed by atoms with Gasteiger partial charge in [-0.3, -0.25) is 0 Å². The van der Waals surface area contributed by atoms with Crippen LogP contribution in [-0.2, 0) is 0 Å². The van der Waals surface area contributed by atoms with Crippen molar-refractivity contribution in [2.75, 3.05) is 9.80 Å². The average Bonchev–Trinajstić information content (AvgIpc) is 3.74. The maximum absolute atomic E-state index is 9.76. The summed E-state index contributed by atoms with van der Waals surface area (Å²) >= 11 is 1.72. The lowest BCUT2D eigenvalue weighted by molar-refractivity contribution is 1.27. The van der Waals surface area contributed by atoms with Crippen molar-refractivity contribution >= 4 is 143 Å². The van der Waals surface area contributed by atoms with Crippen molar-refractivity contribution in [2.45, 2.75) is 0 Å². The molecule has 0 bridgehead atoms. The lowest BCUT2D eigenvalue weighted by atomic mass is 9.36. The summed E-state index contributed by atoms with van der Waals surface area (Å²) in [7, 11) is 0. The van der Waals surface area contributed by atoms with Crippen LogP contribution in [0.15, 0.2) is 200 Å². The molecule has 276 valence electrons. The summed E-state index contributed by atoms with van der Waals surface area (Å²) in [6, 6.07) is 62.3. The topological polar surface area (TPSA) is 6.48 Å². The molecule has 0 saturated carbocycles. The summed E-state index contributed by atoms with van der Waals surface area (Å²) < 4.78 is 39.9. The number of nitrogens with zero attached hydrogens (tertiary/aromatic N) is 2. The summed E-state index contributed by atoms with van der Waals surface area (Å²) in [4.78, 5) is 4.53. The van der Waals surface area contributed by atoms with Crippen molar-refractivity contribution in [3.05, 3.63) is 200 Å². The van der Waals surface area contributed by atoms with E-state index in [1.807, 2.05) is 0 Å². The van der Waals surface area contributed by atoms with Crippen molar-refractivity contribution in [1.82, 2.24) is 0 Å². The van der Waals surface area contributed by atoms with Gasteiger partial charge in [-0.2, -0.15) is 0 Å². The molecule has 0 fully saturated rings. The largest absolute Gasteiger partial charge is 0.311 e. The second-order valence-corrected chi connectivity index (χ2v) is 17.1. The minimum Gasteiger partial charge on any atom is -0.311 e. The molecule has 0 unspecified atom stereocenters. The SMILES string of the molecule is [2H]c1c([2H])c([2H])c2c(c1[2H])B1c3sc4ccccc4c3N(c3ccc4c5ccccc5c5ccccc5c4c3)c3cccc(c31)N2c1ccc2c3ccccc3c3ccccc3c2c1. The molecule has 0 aliphatic carbocycles. The van der Waals surface area contributed by atoms with Gasteiger partial charge in [-0.1, -0.05) is 152 Å². The molecule has 3 heterocycles. The standard InChI is InChI=1S/C56H33BN2S/c1-3-18-40-36(14-1)38-16-5-7-20-42(38)47-32-34(28-30-44(40)47)58-50-24-11-10-23-49(50)57-54-51(58)25-13-26-52(54)59(55-46-22-9-12-27-53(46)60-56(55)57)35-29-31-45-41-19-4-2-15-37(41)39-17-6-8-21-43(39)48(45)33-35/h1-33H/i10D,11D,23D,24D.